The summed E-state index contributed by atoms with van der Waals surface area (Å²) < 4.78 is 0. The van der Waals surface area contributed by atoms with E-state index in [1.165, 1.54) is 0 Å². The van der Waals surface area contributed by atoms with E-state index in [2.05, 4.69) is 11.4 Å². The molecule has 1 atom stereocenters. The van der Waals surface area contributed by atoms with E-state index in [1.54, 1.807) is 12.2 Å². The number of rotatable bonds is 0. The summed E-state index contributed by atoms with van der Waals surface area (Å²) in [6.07, 6.45) is 4.74. The Morgan fingerprint density at radius 3 is 3.15 bits per heavy atom. The molecule has 3 nitrogen and oxygen atoms in total. The van der Waals surface area contributed by atoms with Crippen molar-refractivity contribution in [1.82, 2.24) is 5.32 Å². The zero-order valence-electron chi connectivity index (χ0n) is 7.21. The van der Waals surface area contributed by atoms with Crippen LogP contribution < -0.4 is 5.32 Å². The van der Waals surface area contributed by atoms with Gasteiger partial charge in [-0.15, -0.1) is 0 Å². The highest BCUT2D eigenvalue weighted by Gasteiger charge is 2.23. The molecule has 0 saturated heterocycles. The summed E-state index contributed by atoms with van der Waals surface area (Å²) in [5, 5.41) is 11.9. The Morgan fingerprint density at radius 2 is 2.38 bits per heavy atom. The molecule has 0 aromatic carbocycles. The minimum absolute atomic E-state index is 0.150. The maximum atomic E-state index is 11.1. The molecule has 0 saturated carbocycles. The van der Waals surface area contributed by atoms with Crippen LogP contribution in [-0.2, 0) is 4.79 Å². The third-order valence-electron chi connectivity index (χ3n) is 2.46. The number of ketones is 1. The molecule has 0 spiro atoms. The van der Waals surface area contributed by atoms with Crippen LogP contribution in [0.5, 0.6) is 0 Å². The lowest BCUT2D eigenvalue weighted by Crippen LogP contribution is -2.36. The Hall–Kier alpha value is -1.40. The minimum atomic E-state index is -0.215. The van der Waals surface area contributed by atoms with Gasteiger partial charge in [-0.1, -0.05) is 11.6 Å². The second-order valence-electron chi connectivity index (χ2n) is 3.30. The smallest absolute Gasteiger partial charge is 0.159 e. The van der Waals surface area contributed by atoms with Crippen molar-refractivity contribution in [3.05, 3.63) is 23.3 Å². The highest BCUT2D eigenvalue weighted by molar-refractivity contribution is 5.93. The monoisotopic (exact) mass is 174 g/mol. The van der Waals surface area contributed by atoms with Crippen LogP contribution in [0.3, 0.4) is 0 Å². The highest BCUT2D eigenvalue weighted by Crippen LogP contribution is 2.25. The van der Waals surface area contributed by atoms with E-state index in [9.17, 15) is 4.79 Å². The molecule has 0 radical (unpaired) electrons. The van der Waals surface area contributed by atoms with Crippen LogP contribution in [0.4, 0.5) is 0 Å². The molecule has 0 aromatic heterocycles. The number of allylic oxidation sites excluding steroid dienone is 1. The number of carbonyl (C=O) groups is 1. The summed E-state index contributed by atoms with van der Waals surface area (Å²) in [5.41, 5.74) is 2.14. The summed E-state index contributed by atoms with van der Waals surface area (Å²) in [6.45, 7) is 0.804. The van der Waals surface area contributed by atoms with Crippen LogP contribution in [0, 0.1) is 11.3 Å². The van der Waals surface area contributed by atoms with E-state index < -0.39 is 0 Å². The summed E-state index contributed by atoms with van der Waals surface area (Å²) in [5.74, 6) is 0.150. The average Bonchev–Trinajstić information content (AvgIpc) is 2.16. The van der Waals surface area contributed by atoms with Gasteiger partial charge in [-0.3, -0.25) is 10.1 Å². The van der Waals surface area contributed by atoms with Crippen LogP contribution in [0.2, 0.25) is 0 Å². The third kappa shape index (κ3) is 1.41. The van der Waals surface area contributed by atoms with Crippen molar-refractivity contribution in [3.8, 4) is 6.07 Å². The van der Waals surface area contributed by atoms with E-state index in [0.29, 0.717) is 6.42 Å². The zero-order valence-corrected chi connectivity index (χ0v) is 7.21. The molecule has 1 heterocycles. The highest BCUT2D eigenvalue weighted by atomic mass is 16.1. The van der Waals surface area contributed by atoms with Gasteiger partial charge < -0.3 is 0 Å². The number of nitrogens with zero attached hydrogens (tertiary/aromatic N) is 1. The molecule has 1 N–H and O–H groups in total. The third-order valence-corrected chi connectivity index (χ3v) is 2.46. The molecule has 66 valence electrons. The molecule has 2 rings (SSSR count). The number of hydrogen-bond donors (Lipinski definition) is 1. The van der Waals surface area contributed by atoms with Crippen molar-refractivity contribution in [2.24, 2.45) is 0 Å². The van der Waals surface area contributed by atoms with Crippen LogP contribution in [-0.4, -0.2) is 18.4 Å². The lowest BCUT2D eigenvalue weighted by atomic mass is 9.88. The van der Waals surface area contributed by atoms with Crippen molar-refractivity contribution in [1.29, 1.82) is 5.26 Å². The van der Waals surface area contributed by atoms with Crippen molar-refractivity contribution >= 4 is 5.78 Å². The number of carbonyl (C=O) groups excluding carboxylic acids is 1. The fourth-order valence-corrected chi connectivity index (χ4v) is 1.80. The fourth-order valence-electron chi connectivity index (χ4n) is 1.80. The first-order valence-electron chi connectivity index (χ1n) is 4.37. The molecule has 2 aliphatic rings. The van der Waals surface area contributed by atoms with Gasteiger partial charge in [0.2, 0.25) is 0 Å². The predicted molar refractivity (Wildman–Crippen MR) is 47.8 cm³/mol. The normalized spacial score (nSPS) is 27.0. The Bertz CT molecular complexity index is 346. The van der Waals surface area contributed by atoms with Gasteiger partial charge in [0.25, 0.3) is 0 Å². The average molecular weight is 174 g/mol. The predicted octanol–water partition coefficient (Wildman–Crippen LogP) is 0.697. The molecule has 1 aliphatic carbocycles. The summed E-state index contributed by atoms with van der Waals surface area (Å²) in [7, 11) is 0. The summed E-state index contributed by atoms with van der Waals surface area (Å²) >= 11 is 0. The SMILES string of the molecule is N#CC1NCCC2=C1C=CC(=O)C2. The van der Waals surface area contributed by atoms with E-state index in [0.717, 1.165) is 24.1 Å². The lowest BCUT2D eigenvalue weighted by Gasteiger charge is -2.25. The van der Waals surface area contributed by atoms with Crippen molar-refractivity contribution in [3.63, 3.8) is 0 Å². The van der Waals surface area contributed by atoms with Gasteiger partial charge in [0, 0.05) is 13.0 Å². The number of hydrogen-bond acceptors (Lipinski definition) is 3. The first-order valence-corrected chi connectivity index (χ1v) is 4.37. The topological polar surface area (TPSA) is 52.9 Å². The number of nitriles is 1. The molecule has 1 aliphatic heterocycles. The molecule has 3 heteroatoms. The summed E-state index contributed by atoms with van der Waals surface area (Å²) in [6, 6.07) is 1.97. The maximum absolute atomic E-state index is 11.1. The van der Waals surface area contributed by atoms with Gasteiger partial charge in [0.15, 0.2) is 5.78 Å². The van der Waals surface area contributed by atoms with E-state index >= 15 is 0 Å². The van der Waals surface area contributed by atoms with Gasteiger partial charge in [-0.05, 0) is 18.1 Å². The molecule has 0 aromatic rings. The minimum Gasteiger partial charge on any atom is -0.298 e. The molecule has 13 heavy (non-hydrogen) atoms. The second-order valence-corrected chi connectivity index (χ2v) is 3.30. The second kappa shape index (κ2) is 3.15. The lowest BCUT2D eigenvalue weighted by molar-refractivity contribution is -0.114. The molecular formula is C10H10N2O. The largest absolute Gasteiger partial charge is 0.298 e. The first kappa shape index (κ1) is 8.21. The van der Waals surface area contributed by atoms with Crippen molar-refractivity contribution in [2.75, 3.05) is 6.54 Å². The van der Waals surface area contributed by atoms with Crippen molar-refractivity contribution < 1.29 is 4.79 Å². The van der Waals surface area contributed by atoms with E-state index in [4.69, 9.17) is 5.26 Å². The first-order chi connectivity index (χ1) is 6.31. The molecular weight excluding hydrogens is 164 g/mol. The number of nitrogens with one attached hydrogen (secondary N) is 1. The fraction of sp³-hybridized carbons (Fsp3) is 0.400. The Balaban J connectivity index is 2.34. The van der Waals surface area contributed by atoms with Crippen LogP contribution in [0.1, 0.15) is 12.8 Å². The summed E-state index contributed by atoms with van der Waals surface area (Å²) in [4.78, 5) is 11.1. The van der Waals surface area contributed by atoms with Gasteiger partial charge in [-0.2, -0.15) is 5.26 Å². The van der Waals surface area contributed by atoms with Crippen LogP contribution in [0.15, 0.2) is 23.3 Å². The standard InChI is InChI=1S/C10H10N2O/c11-6-10-9-2-1-8(13)5-7(9)3-4-12-10/h1-2,10,12H,3-5H2. The Morgan fingerprint density at radius 1 is 1.54 bits per heavy atom. The van der Waals surface area contributed by atoms with Gasteiger partial charge >= 0.3 is 0 Å². The van der Waals surface area contributed by atoms with E-state index in [1.807, 2.05) is 0 Å². The van der Waals surface area contributed by atoms with Gasteiger partial charge in [0.1, 0.15) is 6.04 Å². The molecule has 0 amide bonds. The quantitative estimate of drug-likeness (QED) is 0.588. The van der Waals surface area contributed by atoms with E-state index in [-0.39, 0.29) is 11.8 Å². The molecule has 0 fully saturated rings. The maximum Gasteiger partial charge on any atom is 0.159 e. The molecule has 1 unspecified atom stereocenters. The van der Waals surface area contributed by atoms with Gasteiger partial charge in [-0.25, -0.2) is 0 Å². The Labute approximate surface area is 76.7 Å². The van der Waals surface area contributed by atoms with Crippen LogP contribution in [0.25, 0.3) is 0 Å². The van der Waals surface area contributed by atoms with Crippen molar-refractivity contribution in [2.45, 2.75) is 18.9 Å². The molecule has 0 bridgehead atoms. The zero-order chi connectivity index (χ0) is 9.26. The Kier molecular flexibility index (Phi) is 1.99. The van der Waals surface area contributed by atoms with Crippen LogP contribution >= 0.6 is 0 Å². The van der Waals surface area contributed by atoms with Gasteiger partial charge in [0.05, 0.1) is 6.07 Å².